The van der Waals surface area contributed by atoms with Gasteiger partial charge >= 0.3 is 6.01 Å². The number of nitrogens with one attached hydrogen (secondary N) is 1. The second-order valence-electron chi connectivity index (χ2n) is 6.66. The summed E-state index contributed by atoms with van der Waals surface area (Å²) in [7, 11) is 0. The maximum atomic E-state index is 13.4. The van der Waals surface area contributed by atoms with Crippen molar-refractivity contribution in [1.29, 1.82) is 0 Å². The number of furan rings is 1. The first kappa shape index (κ1) is 21.3. The number of aromatic nitrogens is 3. The molecule has 0 aliphatic carbocycles. The van der Waals surface area contributed by atoms with Gasteiger partial charge in [0.25, 0.3) is 5.91 Å². The number of amides is 1. The Bertz CT molecular complexity index is 1170. The predicted molar refractivity (Wildman–Crippen MR) is 115 cm³/mol. The summed E-state index contributed by atoms with van der Waals surface area (Å²) in [4.78, 5) is 16.8. The van der Waals surface area contributed by atoms with Crippen molar-refractivity contribution in [2.24, 2.45) is 0 Å². The molecule has 0 spiro atoms. The molecule has 32 heavy (non-hydrogen) atoms. The van der Waals surface area contributed by atoms with Crippen LogP contribution in [0.2, 0.25) is 0 Å². The highest BCUT2D eigenvalue weighted by atomic mass is 19.1. The largest absolute Gasteiger partial charge is 0.461 e. The lowest BCUT2D eigenvalue weighted by Crippen LogP contribution is -2.12. The SMILES string of the molecule is CCOCCOc1nc(-c2ccco2)n(-c2ccc(NC(=O)c3cccc(F)c3)cc2)n1. The highest BCUT2D eigenvalue weighted by Crippen LogP contribution is 2.25. The number of halogens is 1. The average Bonchev–Trinajstić information content (AvgIpc) is 3.47. The fourth-order valence-electron chi connectivity index (χ4n) is 2.95. The maximum absolute atomic E-state index is 13.4. The fourth-order valence-corrected chi connectivity index (χ4v) is 2.95. The van der Waals surface area contributed by atoms with Gasteiger partial charge in [-0.3, -0.25) is 4.79 Å². The van der Waals surface area contributed by atoms with Crippen molar-refractivity contribution in [1.82, 2.24) is 14.8 Å². The molecule has 2 heterocycles. The van der Waals surface area contributed by atoms with Gasteiger partial charge in [0.1, 0.15) is 12.4 Å². The summed E-state index contributed by atoms with van der Waals surface area (Å²) in [6.45, 7) is 3.26. The van der Waals surface area contributed by atoms with Crippen molar-refractivity contribution in [3.63, 3.8) is 0 Å². The molecule has 0 saturated carbocycles. The summed E-state index contributed by atoms with van der Waals surface area (Å²) in [6.07, 6.45) is 1.55. The van der Waals surface area contributed by atoms with Crippen molar-refractivity contribution in [2.75, 3.05) is 25.1 Å². The molecule has 9 heteroatoms. The molecule has 2 aromatic heterocycles. The quantitative estimate of drug-likeness (QED) is 0.393. The van der Waals surface area contributed by atoms with Crippen LogP contribution in [0.3, 0.4) is 0 Å². The first-order chi connectivity index (χ1) is 15.6. The van der Waals surface area contributed by atoms with Crippen molar-refractivity contribution in [3.05, 3.63) is 78.3 Å². The van der Waals surface area contributed by atoms with E-state index in [1.165, 1.54) is 18.2 Å². The normalized spacial score (nSPS) is 10.8. The van der Waals surface area contributed by atoms with Gasteiger partial charge in [-0.25, -0.2) is 9.07 Å². The molecular weight excluding hydrogens is 415 g/mol. The van der Waals surface area contributed by atoms with Crippen molar-refractivity contribution in [2.45, 2.75) is 6.92 Å². The Labute approximate surface area is 183 Å². The van der Waals surface area contributed by atoms with E-state index in [-0.39, 0.29) is 11.6 Å². The van der Waals surface area contributed by atoms with E-state index < -0.39 is 11.7 Å². The fraction of sp³-hybridized carbons (Fsp3) is 0.174. The predicted octanol–water partition coefficient (Wildman–Crippen LogP) is 4.33. The zero-order chi connectivity index (χ0) is 22.3. The Morgan fingerprint density at radius 3 is 2.69 bits per heavy atom. The number of anilines is 1. The molecule has 164 valence electrons. The summed E-state index contributed by atoms with van der Waals surface area (Å²) >= 11 is 0. The van der Waals surface area contributed by atoms with E-state index in [4.69, 9.17) is 13.9 Å². The van der Waals surface area contributed by atoms with Gasteiger partial charge in [-0.15, -0.1) is 5.10 Å². The molecule has 8 nitrogen and oxygen atoms in total. The third-order valence-electron chi connectivity index (χ3n) is 4.45. The van der Waals surface area contributed by atoms with E-state index in [1.807, 2.05) is 6.92 Å². The Balaban J connectivity index is 1.53. The summed E-state index contributed by atoms with van der Waals surface area (Å²) in [6, 6.07) is 16.2. The topological polar surface area (TPSA) is 91.4 Å². The van der Waals surface area contributed by atoms with Crippen LogP contribution in [0.1, 0.15) is 17.3 Å². The minimum absolute atomic E-state index is 0.194. The van der Waals surface area contributed by atoms with E-state index in [0.29, 0.717) is 42.8 Å². The zero-order valence-electron chi connectivity index (χ0n) is 17.3. The molecule has 0 bridgehead atoms. The van der Waals surface area contributed by atoms with E-state index in [0.717, 1.165) is 0 Å². The van der Waals surface area contributed by atoms with E-state index >= 15 is 0 Å². The molecule has 0 atom stereocenters. The van der Waals surface area contributed by atoms with Gasteiger partial charge in [0, 0.05) is 17.9 Å². The molecule has 0 saturated heterocycles. The summed E-state index contributed by atoms with van der Waals surface area (Å²) < 4.78 is 31.3. The van der Waals surface area contributed by atoms with Gasteiger partial charge in [0.2, 0.25) is 5.82 Å². The van der Waals surface area contributed by atoms with Crippen LogP contribution in [0.25, 0.3) is 17.3 Å². The van der Waals surface area contributed by atoms with Gasteiger partial charge in [-0.05, 0) is 61.5 Å². The summed E-state index contributed by atoms with van der Waals surface area (Å²) in [5.41, 5.74) is 1.47. The minimum Gasteiger partial charge on any atom is -0.461 e. The third kappa shape index (κ3) is 5.01. The van der Waals surface area contributed by atoms with Crippen molar-refractivity contribution in [3.8, 4) is 23.3 Å². The number of nitrogens with zero attached hydrogens (tertiary/aromatic N) is 3. The monoisotopic (exact) mass is 436 g/mol. The molecule has 0 aliphatic rings. The Kier molecular flexibility index (Phi) is 6.57. The molecule has 1 amide bonds. The van der Waals surface area contributed by atoms with Gasteiger partial charge in [-0.1, -0.05) is 6.07 Å². The molecule has 2 aromatic carbocycles. The summed E-state index contributed by atoms with van der Waals surface area (Å²) in [5.74, 6) is 0.127. The van der Waals surface area contributed by atoms with Gasteiger partial charge in [0.05, 0.1) is 18.6 Å². The van der Waals surface area contributed by atoms with Crippen LogP contribution < -0.4 is 10.1 Å². The first-order valence-electron chi connectivity index (χ1n) is 10.0. The van der Waals surface area contributed by atoms with Crippen LogP contribution in [0, 0.1) is 5.82 Å². The molecule has 4 aromatic rings. The van der Waals surface area contributed by atoms with Crippen LogP contribution in [0.4, 0.5) is 10.1 Å². The number of hydrogen-bond donors (Lipinski definition) is 1. The smallest absolute Gasteiger partial charge is 0.336 e. The zero-order valence-corrected chi connectivity index (χ0v) is 17.3. The number of carbonyl (C=O) groups is 1. The molecular formula is C23H21FN4O4. The lowest BCUT2D eigenvalue weighted by atomic mass is 10.2. The summed E-state index contributed by atoms with van der Waals surface area (Å²) in [5, 5.41) is 7.16. The van der Waals surface area contributed by atoms with Crippen molar-refractivity contribution < 1.29 is 23.1 Å². The average molecular weight is 436 g/mol. The third-order valence-corrected chi connectivity index (χ3v) is 4.45. The Morgan fingerprint density at radius 2 is 1.97 bits per heavy atom. The maximum Gasteiger partial charge on any atom is 0.336 e. The van der Waals surface area contributed by atoms with Crippen LogP contribution in [0.5, 0.6) is 6.01 Å². The highest BCUT2D eigenvalue weighted by Gasteiger charge is 2.17. The highest BCUT2D eigenvalue weighted by molar-refractivity contribution is 6.04. The van der Waals surface area contributed by atoms with E-state index in [2.05, 4.69) is 15.4 Å². The standard InChI is InChI=1S/C23H21FN4O4/c1-2-30-13-14-32-23-26-21(20-7-4-12-31-20)28(27-23)19-10-8-18(9-11-19)25-22(29)16-5-3-6-17(24)15-16/h3-12,15H,2,13-14H2,1H3,(H,25,29). The van der Waals surface area contributed by atoms with Gasteiger partial charge < -0.3 is 19.2 Å². The minimum atomic E-state index is -0.469. The Hall–Kier alpha value is -3.98. The molecule has 4 rings (SSSR count). The number of hydrogen-bond acceptors (Lipinski definition) is 6. The van der Waals surface area contributed by atoms with Crippen LogP contribution in [-0.4, -0.2) is 40.5 Å². The van der Waals surface area contributed by atoms with E-state index in [9.17, 15) is 9.18 Å². The number of carbonyl (C=O) groups excluding carboxylic acids is 1. The lowest BCUT2D eigenvalue weighted by molar-refractivity contribution is 0.102. The van der Waals surface area contributed by atoms with E-state index in [1.54, 1.807) is 53.4 Å². The van der Waals surface area contributed by atoms with Crippen LogP contribution >= 0.6 is 0 Å². The molecule has 1 N–H and O–H groups in total. The molecule has 0 unspecified atom stereocenters. The van der Waals surface area contributed by atoms with Gasteiger partial charge in [-0.2, -0.15) is 4.98 Å². The Morgan fingerprint density at radius 1 is 1.12 bits per heavy atom. The second kappa shape index (κ2) is 9.88. The lowest BCUT2D eigenvalue weighted by Gasteiger charge is -2.08. The van der Waals surface area contributed by atoms with Crippen LogP contribution in [-0.2, 0) is 4.74 Å². The molecule has 0 aliphatic heterocycles. The van der Waals surface area contributed by atoms with Gasteiger partial charge in [0.15, 0.2) is 5.76 Å². The molecule has 0 radical (unpaired) electrons. The van der Waals surface area contributed by atoms with Crippen molar-refractivity contribution >= 4 is 11.6 Å². The number of rotatable bonds is 9. The number of benzene rings is 2. The number of ether oxygens (including phenoxy) is 2. The second-order valence-corrected chi connectivity index (χ2v) is 6.66. The molecule has 0 fully saturated rings. The first-order valence-corrected chi connectivity index (χ1v) is 10.0. The van der Waals surface area contributed by atoms with Crippen LogP contribution in [0.15, 0.2) is 71.3 Å².